The van der Waals surface area contributed by atoms with Gasteiger partial charge in [0.1, 0.15) is 11.4 Å². The Hall–Kier alpha value is -2.45. The fourth-order valence-corrected chi connectivity index (χ4v) is 5.70. The Bertz CT molecular complexity index is 1070. The fraction of sp³-hybridized carbons (Fsp3) is 0.500. The summed E-state index contributed by atoms with van der Waals surface area (Å²) in [6, 6.07) is 10.5. The van der Waals surface area contributed by atoms with Gasteiger partial charge in [0.2, 0.25) is 10.0 Å². The highest BCUT2D eigenvalue weighted by Crippen LogP contribution is 2.38. The van der Waals surface area contributed by atoms with Gasteiger partial charge >= 0.3 is 6.09 Å². The lowest BCUT2D eigenvalue weighted by Crippen LogP contribution is -2.38. The third-order valence-corrected chi connectivity index (χ3v) is 7.66. The molecule has 0 N–H and O–H groups in total. The van der Waals surface area contributed by atoms with Gasteiger partial charge in [-0.05, 0) is 77.1 Å². The molecule has 1 aromatic heterocycles. The Kier molecular flexibility index (Phi) is 6.02. The minimum absolute atomic E-state index is 0.105. The molecule has 7 nitrogen and oxygen atoms in total. The second-order valence-electron chi connectivity index (χ2n) is 9.62. The standard InChI is InChI=1S/C24H31N3O4S/c1-17-7-12-20(13-8-17)32(29,30)26-15-5-6-21(26)18-9-14-22(25-16-18)27(19-10-11-19)23(28)31-24(2,3)4/h7-9,12-14,16,19,21H,5-6,10-11,15H2,1-4H3. The van der Waals surface area contributed by atoms with Crippen LogP contribution in [0.2, 0.25) is 0 Å². The van der Waals surface area contributed by atoms with Crippen molar-refractivity contribution in [2.45, 2.75) is 76.0 Å². The number of amides is 1. The van der Waals surface area contributed by atoms with Crippen molar-refractivity contribution in [2.75, 3.05) is 11.4 Å². The molecule has 1 saturated heterocycles. The largest absolute Gasteiger partial charge is 0.443 e. The third-order valence-electron chi connectivity index (χ3n) is 5.74. The fourth-order valence-electron chi connectivity index (χ4n) is 4.02. The normalized spacial score (nSPS) is 19.7. The van der Waals surface area contributed by atoms with Gasteiger partial charge in [-0.3, -0.25) is 4.90 Å². The zero-order valence-electron chi connectivity index (χ0n) is 19.1. The van der Waals surface area contributed by atoms with E-state index in [4.69, 9.17) is 4.74 Å². The minimum atomic E-state index is -3.60. The Morgan fingerprint density at radius 3 is 2.34 bits per heavy atom. The number of anilines is 1. The molecule has 1 saturated carbocycles. The molecule has 4 rings (SSSR count). The molecular weight excluding hydrogens is 426 g/mol. The molecule has 1 aliphatic carbocycles. The quantitative estimate of drug-likeness (QED) is 0.643. The maximum Gasteiger partial charge on any atom is 0.416 e. The molecule has 2 aliphatic rings. The van der Waals surface area contributed by atoms with Crippen LogP contribution in [-0.4, -0.2) is 42.0 Å². The number of pyridine rings is 1. The summed E-state index contributed by atoms with van der Waals surface area (Å²) >= 11 is 0. The Labute approximate surface area is 190 Å². The summed E-state index contributed by atoms with van der Waals surface area (Å²) in [6.45, 7) is 7.94. The van der Waals surface area contributed by atoms with Gasteiger partial charge in [-0.15, -0.1) is 0 Å². The van der Waals surface area contributed by atoms with E-state index in [1.165, 1.54) is 0 Å². The van der Waals surface area contributed by atoms with Gasteiger partial charge in [-0.25, -0.2) is 18.2 Å². The lowest BCUT2D eigenvalue weighted by atomic mass is 10.1. The van der Waals surface area contributed by atoms with Crippen LogP contribution in [0.25, 0.3) is 0 Å². The van der Waals surface area contributed by atoms with E-state index in [-0.39, 0.29) is 12.1 Å². The molecule has 1 atom stereocenters. The van der Waals surface area contributed by atoms with Crippen LogP contribution in [0.3, 0.4) is 0 Å². The molecule has 1 unspecified atom stereocenters. The van der Waals surface area contributed by atoms with Gasteiger partial charge in [0.15, 0.2) is 0 Å². The number of benzene rings is 1. The first-order valence-electron chi connectivity index (χ1n) is 11.1. The second-order valence-corrected chi connectivity index (χ2v) is 11.5. The molecule has 0 spiro atoms. The van der Waals surface area contributed by atoms with Crippen molar-refractivity contribution >= 4 is 21.9 Å². The van der Waals surface area contributed by atoms with Crippen LogP contribution in [0, 0.1) is 6.92 Å². The Balaban J connectivity index is 1.56. The van der Waals surface area contributed by atoms with E-state index in [2.05, 4.69) is 4.98 Å². The molecule has 172 valence electrons. The highest BCUT2D eigenvalue weighted by Gasteiger charge is 2.39. The van der Waals surface area contributed by atoms with E-state index in [1.54, 1.807) is 33.6 Å². The molecule has 2 fully saturated rings. The molecule has 2 heterocycles. The number of carbonyl (C=O) groups excluding carboxylic acids is 1. The number of rotatable bonds is 5. The van der Waals surface area contributed by atoms with Crippen molar-refractivity contribution in [1.82, 2.24) is 9.29 Å². The molecule has 1 aliphatic heterocycles. The monoisotopic (exact) mass is 457 g/mol. The first kappa shape index (κ1) is 22.7. The molecular formula is C24H31N3O4S. The summed E-state index contributed by atoms with van der Waals surface area (Å²) in [5, 5.41) is 0. The number of aryl methyl sites for hydroxylation is 1. The summed E-state index contributed by atoms with van der Waals surface area (Å²) in [5.74, 6) is 0.538. The highest BCUT2D eigenvalue weighted by molar-refractivity contribution is 7.89. The van der Waals surface area contributed by atoms with Crippen LogP contribution in [0.4, 0.5) is 10.6 Å². The van der Waals surface area contributed by atoms with Gasteiger partial charge in [0.25, 0.3) is 0 Å². The average Bonchev–Trinajstić information content (AvgIpc) is 3.41. The zero-order chi connectivity index (χ0) is 23.1. The summed E-state index contributed by atoms with van der Waals surface area (Å²) in [7, 11) is -3.60. The molecule has 1 aromatic carbocycles. The Morgan fingerprint density at radius 2 is 1.78 bits per heavy atom. The highest BCUT2D eigenvalue weighted by atomic mass is 32.2. The molecule has 8 heteroatoms. The van der Waals surface area contributed by atoms with Gasteiger partial charge in [-0.2, -0.15) is 4.31 Å². The van der Waals surface area contributed by atoms with Crippen molar-refractivity contribution in [2.24, 2.45) is 0 Å². The van der Waals surface area contributed by atoms with E-state index < -0.39 is 21.7 Å². The van der Waals surface area contributed by atoms with Crippen LogP contribution in [0.1, 0.15) is 63.6 Å². The number of ether oxygens (including phenoxy) is 1. The van der Waals surface area contributed by atoms with E-state index in [0.717, 1.165) is 36.8 Å². The number of hydrogen-bond acceptors (Lipinski definition) is 5. The molecule has 32 heavy (non-hydrogen) atoms. The van der Waals surface area contributed by atoms with Crippen LogP contribution in [-0.2, 0) is 14.8 Å². The van der Waals surface area contributed by atoms with Crippen LogP contribution in [0.15, 0.2) is 47.5 Å². The van der Waals surface area contributed by atoms with Crippen LogP contribution >= 0.6 is 0 Å². The zero-order valence-corrected chi connectivity index (χ0v) is 19.9. The van der Waals surface area contributed by atoms with Crippen LogP contribution < -0.4 is 4.90 Å². The maximum atomic E-state index is 13.3. The van der Waals surface area contributed by atoms with Crippen molar-refractivity contribution in [1.29, 1.82) is 0 Å². The maximum absolute atomic E-state index is 13.3. The third kappa shape index (κ3) is 4.81. The minimum Gasteiger partial charge on any atom is -0.443 e. The van der Waals surface area contributed by atoms with E-state index in [0.29, 0.717) is 17.3 Å². The predicted octanol–water partition coefficient (Wildman–Crippen LogP) is 4.82. The molecule has 1 amide bonds. The summed E-state index contributed by atoms with van der Waals surface area (Å²) in [4.78, 5) is 19.2. The van der Waals surface area contributed by atoms with Crippen molar-refractivity contribution in [3.05, 3.63) is 53.7 Å². The topological polar surface area (TPSA) is 79.8 Å². The number of aromatic nitrogens is 1. The SMILES string of the molecule is Cc1ccc(S(=O)(=O)N2CCCC2c2ccc(N(C(=O)OC(C)(C)C)C3CC3)nc2)cc1. The Morgan fingerprint density at radius 1 is 1.09 bits per heavy atom. The number of sulfonamides is 1. The molecule has 2 aromatic rings. The van der Waals surface area contributed by atoms with E-state index >= 15 is 0 Å². The van der Waals surface area contributed by atoms with E-state index in [9.17, 15) is 13.2 Å². The van der Waals surface area contributed by atoms with Crippen molar-refractivity contribution in [3.8, 4) is 0 Å². The smallest absolute Gasteiger partial charge is 0.416 e. The van der Waals surface area contributed by atoms with E-state index in [1.807, 2.05) is 45.9 Å². The number of carbonyl (C=O) groups is 1. The van der Waals surface area contributed by atoms with Crippen LogP contribution in [0.5, 0.6) is 0 Å². The lowest BCUT2D eigenvalue weighted by molar-refractivity contribution is 0.0576. The first-order chi connectivity index (χ1) is 15.1. The summed E-state index contributed by atoms with van der Waals surface area (Å²) in [6.07, 6.45) is 4.68. The van der Waals surface area contributed by atoms with Gasteiger partial charge < -0.3 is 4.74 Å². The lowest BCUT2D eigenvalue weighted by Gasteiger charge is -2.27. The average molecular weight is 458 g/mol. The van der Waals surface area contributed by atoms with Crippen molar-refractivity contribution < 1.29 is 17.9 Å². The predicted molar refractivity (Wildman–Crippen MR) is 123 cm³/mol. The number of nitrogens with zero attached hydrogens (tertiary/aromatic N) is 3. The second kappa shape index (κ2) is 8.48. The van der Waals surface area contributed by atoms with Crippen molar-refractivity contribution in [3.63, 3.8) is 0 Å². The summed E-state index contributed by atoms with van der Waals surface area (Å²) in [5.41, 5.74) is 1.27. The van der Waals surface area contributed by atoms with Gasteiger partial charge in [-0.1, -0.05) is 23.8 Å². The first-order valence-corrected chi connectivity index (χ1v) is 12.6. The number of hydrogen-bond donors (Lipinski definition) is 0. The van der Waals surface area contributed by atoms with Gasteiger partial charge in [0.05, 0.1) is 10.9 Å². The summed E-state index contributed by atoms with van der Waals surface area (Å²) < 4.78 is 33.7. The van der Waals surface area contributed by atoms with Gasteiger partial charge in [0, 0.05) is 18.8 Å². The molecule has 0 radical (unpaired) electrons. The molecule has 0 bridgehead atoms.